The van der Waals surface area contributed by atoms with Crippen LogP contribution in [0.1, 0.15) is 27.4 Å². The summed E-state index contributed by atoms with van der Waals surface area (Å²) in [6, 6.07) is 20.6. The normalized spacial score (nSPS) is 12.0. The average Bonchev–Trinajstić information content (AvgIpc) is 3.06. The van der Waals surface area contributed by atoms with Crippen LogP contribution in [0.4, 0.5) is 10.5 Å². The summed E-state index contributed by atoms with van der Waals surface area (Å²) in [6.45, 7) is 0.167. The monoisotopic (exact) mass is 389 g/mol. The zero-order valence-electron chi connectivity index (χ0n) is 15.7. The highest BCUT2D eigenvalue weighted by Crippen LogP contribution is 2.44. The number of nitrogens with one attached hydrogen (secondary N) is 1. The first kappa shape index (κ1) is 18.6. The molecule has 0 saturated heterocycles. The lowest BCUT2D eigenvalue weighted by Crippen LogP contribution is -2.18. The first-order chi connectivity index (χ1) is 14.1. The van der Waals surface area contributed by atoms with Crippen molar-refractivity contribution >= 4 is 17.7 Å². The number of rotatable bonds is 5. The van der Waals surface area contributed by atoms with E-state index >= 15 is 0 Å². The highest BCUT2D eigenvalue weighted by molar-refractivity contribution is 5.96. The molecule has 0 bridgehead atoms. The van der Waals surface area contributed by atoms with Crippen LogP contribution < -0.4 is 10.1 Å². The number of para-hydroxylation sites is 1. The van der Waals surface area contributed by atoms with Gasteiger partial charge in [-0.2, -0.15) is 0 Å². The van der Waals surface area contributed by atoms with Crippen molar-refractivity contribution in [2.45, 2.75) is 5.92 Å². The number of benzene rings is 3. The molecule has 3 aromatic carbocycles. The molecule has 0 heterocycles. The molecular weight excluding hydrogens is 370 g/mol. The first-order valence-electron chi connectivity index (χ1n) is 9.12. The Morgan fingerprint density at radius 3 is 2.14 bits per heavy atom. The van der Waals surface area contributed by atoms with Gasteiger partial charge in [0.1, 0.15) is 12.2 Å². The van der Waals surface area contributed by atoms with Gasteiger partial charge in [-0.3, -0.25) is 5.32 Å². The molecule has 2 N–H and O–H groups in total. The molecule has 0 aromatic heterocycles. The smallest absolute Gasteiger partial charge is 0.411 e. The molecule has 0 aliphatic heterocycles. The molecule has 0 atom stereocenters. The number of fused-ring (bicyclic) bond motifs is 3. The Hall–Kier alpha value is -3.80. The van der Waals surface area contributed by atoms with Crippen molar-refractivity contribution in [2.75, 3.05) is 19.0 Å². The maximum atomic E-state index is 12.4. The zero-order valence-corrected chi connectivity index (χ0v) is 15.7. The van der Waals surface area contributed by atoms with Gasteiger partial charge in [0.05, 0.1) is 12.8 Å². The second kappa shape index (κ2) is 7.67. The van der Waals surface area contributed by atoms with Gasteiger partial charge in [0.25, 0.3) is 0 Å². The molecule has 4 rings (SSSR count). The number of amides is 1. The van der Waals surface area contributed by atoms with E-state index in [4.69, 9.17) is 9.47 Å². The largest absolute Gasteiger partial charge is 0.494 e. The molecule has 0 saturated carbocycles. The number of ether oxygens (including phenoxy) is 2. The molecule has 6 heteroatoms. The number of hydrogen-bond donors (Lipinski definition) is 2. The van der Waals surface area contributed by atoms with E-state index in [0.717, 1.165) is 22.3 Å². The minimum absolute atomic E-state index is 0.0380. The van der Waals surface area contributed by atoms with E-state index in [-0.39, 0.29) is 29.5 Å². The minimum Gasteiger partial charge on any atom is -0.494 e. The topological polar surface area (TPSA) is 84.9 Å². The highest BCUT2D eigenvalue weighted by atomic mass is 16.5. The predicted octanol–water partition coefficient (Wildman–Crippen LogP) is 4.75. The van der Waals surface area contributed by atoms with Gasteiger partial charge in [-0.05, 0) is 34.4 Å². The van der Waals surface area contributed by atoms with Gasteiger partial charge in [-0.15, -0.1) is 0 Å². The SMILES string of the molecule is COc1c(NC(=O)OCC2c3ccccc3-c3ccccc32)cccc1C(=O)O. The van der Waals surface area contributed by atoms with Crippen LogP contribution in [0.5, 0.6) is 5.75 Å². The fourth-order valence-electron chi connectivity index (χ4n) is 3.77. The van der Waals surface area contributed by atoms with E-state index in [1.54, 1.807) is 6.07 Å². The lowest BCUT2D eigenvalue weighted by molar-refractivity contribution is 0.0693. The van der Waals surface area contributed by atoms with E-state index in [1.165, 1.54) is 19.2 Å². The Morgan fingerprint density at radius 1 is 0.931 bits per heavy atom. The van der Waals surface area contributed by atoms with E-state index in [2.05, 4.69) is 17.4 Å². The highest BCUT2D eigenvalue weighted by Gasteiger charge is 2.29. The molecule has 3 aromatic rings. The first-order valence-corrected chi connectivity index (χ1v) is 9.12. The summed E-state index contributed by atoms with van der Waals surface area (Å²) < 4.78 is 10.6. The van der Waals surface area contributed by atoms with Gasteiger partial charge in [0.2, 0.25) is 0 Å². The Morgan fingerprint density at radius 2 is 1.55 bits per heavy atom. The summed E-state index contributed by atoms with van der Waals surface area (Å²) in [4.78, 5) is 23.7. The molecule has 1 aliphatic carbocycles. The Labute approximate surface area is 167 Å². The van der Waals surface area contributed by atoms with Crippen LogP contribution in [0.15, 0.2) is 66.7 Å². The number of carbonyl (C=O) groups excluding carboxylic acids is 1. The Balaban J connectivity index is 1.52. The second-order valence-corrected chi connectivity index (χ2v) is 6.64. The van der Waals surface area contributed by atoms with Gasteiger partial charge in [0, 0.05) is 5.92 Å². The van der Waals surface area contributed by atoms with Crippen molar-refractivity contribution < 1.29 is 24.2 Å². The van der Waals surface area contributed by atoms with Crippen molar-refractivity contribution in [3.05, 3.63) is 83.4 Å². The van der Waals surface area contributed by atoms with Gasteiger partial charge < -0.3 is 14.6 Å². The van der Waals surface area contributed by atoms with Crippen molar-refractivity contribution in [3.63, 3.8) is 0 Å². The van der Waals surface area contributed by atoms with E-state index in [0.29, 0.717) is 0 Å². The van der Waals surface area contributed by atoms with Crippen LogP contribution in [-0.4, -0.2) is 30.9 Å². The fourth-order valence-corrected chi connectivity index (χ4v) is 3.77. The summed E-state index contributed by atoms with van der Waals surface area (Å²) in [5.74, 6) is -1.12. The van der Waals surface area contributed by atoms with E-state index < -0.39 is 12.1 Å². The van der Waals surface area contributed by atoms with E-state index in [9.17, 15) is 14.7 Å². The molecule has 1 aliphatic rings. The lowest BCUT2D eigenvalue weighted by Gasteiger charge is -2.16. The van der Waals surface area contributed by atoms with Crippen molar-refractivity contribution in [3.8, 4) is 16.9 Å². The summed E-state index contributed by atoms with van der Waals surface area (Å²) in [5, 5.41) is 11.8. The van der Waals surface area contributed by atoms with Gasteiger partial charge in [-0.1, -0.05) is 54.6 Å². The molecule has 29 heavy (non-hydrogen) atoms. The molecule has 0 radical (unpaired) electrons. The molecule has 0 spiro atoms. The average molecular weight is 389 g/mol. The summed E-state index contributed by atoms with van der Waals surface area (Å²) in [7, 11) is 1.35. The standard InChI is InChI=1S/C23H19NO5/c1-28-21-18(22(25)26)11-6-12-20(21)24-23(27)29-13-19-16-9-4-2-7-14(16)15-8-3-5-10-17(15)19/h2-12,19H,13H2,1H3,(H,24,27)(H,25,26). The summed E-state index contributed by atoms with van der Waals surface area (Å²) >= 11 is 0. The van der Waals surface area contributed by atoms with E-state index in [1.807, 2.05) is 36.4 Å². The molecule has 1 amide bonds. The molecule has 146 valence electrons. The number of methoxy groups -OCH3 is 1. The molecular formula is C23H19NO5. The van der Waals surface area contributed by atoms with Crippen LogP contribution in [0.2, 0.25) is 0 Å². The van der Waals surface area contributed by atoms with Crippen LogP contribution in [0.25, 0.3) is 11.1 Å². The zero-order chi connectivity index (χ0) is 20.4. The number of carboxylic acids is 1. The number of carboxylic acid groups (broad SMARTS) is 1. The number of carbonyl (C=O) groups is 2. The summed E-state index contributed by atoms with van der Waals surface area (Å²) in [5.41, 5.74) is 4.73. The Kier molecular flexibility index (Phi) is 4.91. The maximum Gasteiger partial charge on any atom is 0.411 e. The summed E-state index contributed by atoms with van der Waals surface area (Å²) in [6.07, 6.45) is -0.673. The van der Waals surface area contributed by atoms with Gasteiger partial charge in [0.15, 0.2) is 5.75 Å². The maximum absolute atomic E-state index is 12.4. The predicted molar refractivity (Wildman–Crippen MR) is 109 cm³/mol. The third-order valence-electron chi connectivity index (χ3n) is 5.03. The molecule has 0 fully saturated rings. The number of aromatic carboxylic acids is 1. The number of anilines is 1. The van der Waals surface area contributed by atoms with Crippen LogP contribution in [-0.2, 0) is 4.74 Å². The second-order valence-electron chi connectivity index (χ2n) is 6.64. The van der Waals surface area contributed by atoms with Gasteiger partial charge >= 0.3 is 12.1 Å². The fraction of sp³-hybridized carbons (Fsp3) is 0.130. The van der Waals surface area contributed by atoms with Crippen molar-refractivity contribution in [2.24, 2.45) is 0 Å². The molecule has 0 unspecified atom stereocenters. The van der Waals surface area contributed by atoms with Gasteiger partial charge in [-0.25, -0.2) is 9.59 Å². The van der Waals surface area contributed by atoms with Crippen LogP contribution in [0, 0.1) is 0 Å². The lowest BCUT2D eigenvalue weighted by atomic mass is 9.98. The third kappa shape index (κ3) is 3.40. The minimum atomic E-state index is -1.14. The quantitative estimate of drug-likeness (QED) is 0.658. The molecule has 6 nitrogen and oxygen atoms in total. The van der Waals surface area contributed by atoms with Crippen LogP contribution >= 0.6 is 0 Å². The van der Waals surface area contributed by atoms with Crippen molar-refractivity contribution in [1.82, 2.24) is 0 Å². The third-order valence-corrected chi connectivity index (χ3v) is 5.03. The Bertz CT molecular complexity index is 1050. The number of hydrogen-bond acceptors (Lipinski definition) is 4. The van der Waals surface area contributed by atoms with Crippen LogP contribution in [0.3, 0.4) is 0 Å². The van der Waals surface area contributed by atoms with Crippen molar-refractivity contribution in [1.29, 1.82) is 0 Å².